The molecule has 1 aromatic rings. The number of aromatic nitrogens is 1. The van der Waals surface area contributed by atoms with Crippen LogP contribution in [0.25, 0.3) is 0 Å². The Morgan fingerprint density at radius 3 is 2.79 bits per heavy atom. The minimum atomic E-state index is 0.0957. The molecule has 5 heteroatoms. The Labute approximate surface area is 119 Å². The molecule has 19 heavy (non-hydrogen) atoms. The first-order chi connectivity index (χ1) is 8.96. The molecule has 0 saturated heterocycles. The van der Waals surface area contributed by atoms with E-state index in [9.17, 15) is 4.79 Å². The van der Waals surface area contributed by atoms with Gasteiger partial charge in [0.05, 0.1) is 6.54 Å². The van der Waals surface area contributed by atoms with Crippen molar-refractivity contribution in [3.63, 3.8) is 0 Å². The van der Waals surface area contributed by atoms with Crippen molar-refractivity contribution in [3.05, 3.63) is 16.1 Å². The Hall–Kier alpha value is -0.940. The molecule has 0 aliphatic rings. The summed E-state index contributed by atoms with van der Waals surface area (Å²) >= 11 is 1.66. The molecule has 0 radical (unpaired) electrons. The molecular weight excluding hydrogens is 258 g/mol. The predicted octanol–water partition coefficient (Wildman–Crippen LogP) is 2.48. The van der Waals surface area contributed by atoms with E-state index in [-0.39, 0.29) is 11.3 Å². The molecule has 108 valence electrons. The molecule has 3 N–H and O–H groups in total. The maximum atomic E-state index is 11.8. The molecule has 0 fully saturated rings. The summed E-state index contributed by atoms with van der Waals surface area (Å²) in [4.78, 5) is 17.3. The van der Waals surface area contributed by atoms with E-state index in [4.69, 9.17) is 5.73 Å². The average molecular weight is 283 g/mol. The standard InChI is InChI=1S/C14H25N3OS/c1-4-11-9-17-13(19-11)10-16-12(18)5-6-14(2,3)7-8-15/h9H,4-8,10,15H2,1-3H3,(H,16,18). The minimum Gasteiger partial charge on any atom is -0.350 e. The largest absolute Gasteiger partial charge is 0.350 e. The lowest BCUT2D eigenvalue weighted by molar-refractivity contribution is -0.121. The van der Waals surface area contributed by atoms with E-state index in [1.165, 1.54) is 4.88 Å². The number of carbonyl (C=O) groups excluding carboxylic acids is 1. The number of carbonyl (C=O) groups is 1. The van der Waals surface area contributed by atoms with Gasteiger partial charge in [0.2, 0.25) is 5.91 Å². The second kappa shape index (κ2) is 7.60. The van der Waals surface area contributed by atoms with Gasteiger partial charge in [0.25, 0.3) is 0 Å². The van der Waals surface area contributed by atoms with Crippen molar-refractivity contribution in [1.82, 2.24) is 10.3 Å². The number of nitrogens with zero attached hydrogens (tertiary/aromatic N) is 1. The highest BCUT2D eigenvalue weighted by atomic mass is 32.1. The third kappa shape index (κ3) is 6.16. The van der Waals surface area contributed by atoms with E-state index >= 15 is 0 Å². The lowest BCUT2D eigenvalue weighted by Crippen LogP contribution is -2.25. The van der Waals surface area contributed by atoms with Crippen LogP contribution in [0.2, 0.25) is 0 Å². The first kappa shape index (κ1) is 16.1. The van der Waals surface area contributed by atoms with Crippen LogP contribution in [0.1, 0.15) is 49.9 Å². The van der Waals surface area contributed by atoms with Crippen LogP contribution < -0.4 is 11.1 Å². The second-order valence-corrected chi connectivity index (χ2v) is 6.75. The molecule has 0 bridgehead atoms. The van der Waals surface area contributed by atoms with Crippen molar-refractivity contribution < 1.29 is 4.79 Å². The fourth-order valence-electron chi connectivity index (χ4n) is 1.82. The van der Waals surface area contributed by atoms with Gasteiger partial charge in [-0.3, -0.25) is 4.79 Å². The Kier molecular flexibility index (Phi) is 6.45. The lowest BCUT2D eigenvalue weighted by atomic mass is 9.84. The zero-order valence-electron chi connectivity index (χ0n) is 12.2. The van der Waals surface area contributed by atoms with E-state index in [0.717, 1.165) is 24.3 Å². The third-order valence-electron chi connectivity index (χ3n) is 3.24. The van der Waals surface area contributed by atoms with Crippen molar-refractivity contribution >= 4 is 17.2 Å². The van der Waals surface area contributed by atoms with E-state index < -0.39 is 0 Å². The highest BCUT2D eigenvalue weighted by Crippen LogP contribution is 2.25. The summed E-state index contributed by atoms with van der Waals surface area (Å²) in [5.41, 5.74) is 5.71. The summed E-state index contributed by atoms with van der Waals surface area (Å²) < 4.78 is 0. The quantitative estimate of drug-likeness (QED) is 0.770. The van der Waals surface area contributed by atoms with Gasteiger partial charge in [-0.05, 0) is 31.2 Å². The molecule has 0 aliphatic carbocycles. The normalized spacial score (nSPS) is 11.6. The van der Waals surface area contributed by atoms with E-state index in [0.29, 0.717) is 19.5 Å². The fraction of sp³-hybridized carbons (Fsp3) is 0.714. The number of hydrogen-bond acceptors (Lipinski definition) is 4. The molecule has 1 heterocycles. The molecule has 0 saturated carbocycles. The third-order valence-corrected chi connectivity index (χ3v) is 4.38. The van der Waals surface area contributed by atoms with Gasteiger partial charge in [0, 0.05) is 17.5 Å². The molecule has 1 amide bonds. The molecule has 0 spiro atoms. The van der Waals surface area contributed by atoms with Crippen molar-refractivity contribution in [1.29, 1.82) is 0 Å². The van der Waals surface area contributed by atoms with E-state index in [1.54, 1.807) is 11.3 Å². The molecule has 0 atom stereocenters. The number of nitrogens with two attached hydrogens (primary N) is 1. The number of amides is 1. The summed E-state index contributed by atoms with van der Waals surface area (Å²) in [5, 5.41) is 3.91. The summed E-state index contributed by atoms with van der Waals surface area (Å²) in [6, 6.07) is 0. The summed E-state index contributed by atoms with van der Waals surface area (Å²) in [5.74, 6) is 0.0957. The number of hydrogen-bond donors (Lipinski definition) is 2. The first-order valence-corrected chi connectivity index (χ1v) is 7.69. The molecule has 4 nitrogen and oxygen atoms in total. The van der Waals surface area contributed by atoms with Crippen LogP contribution in [-0.4, -0.2) is 17.4 Å². The van der Waals surface area contributed by atoms with Gasteiger partial charge in [0.15, 0.2) is 0 Å². The van der Waals surface area contributed by atoms with Crippen LogP contribution in [-0.2, 0) is 17.8 Å². The van der Waals surface area contributed by atoms with Crippen LogP contribution in [0.5, 0.6) is 0 Å². The summed E-state index contributed by atoms with van der Waals surface area (Å²) in [6.45, 7) is 7.63. The van der Waals surface area contributed by atoms with Crippen molar-refractivity contribution in [2.24, 2.45) is 11.1 Å². The van der Waals surface area contributed by atoms with Gasteiger partial charge in [0.1, 0.15) is 5.01 Å². The monoisotopic (exact) mass is 283 g/mol. The smallest absolute Gasteiger partial charge is 0.220 e. The molecule has 0 aromatic carbocycles. The van der Waals surface area contributed by atoms with E-state index in [2.05, 4.69) is 31.1 Å². The lowest BCUT2D eigenvalue weighted by Gasteiger charge is -2.23. The van der Waals surface area contributed by atoms with Gasteiger partial charge in [-0.25, -0.2) is 4.98 Å². The molecule has 1 rings (SSSR count). The Morgan fingerprint density at radius 1 is 1.47 bits per heavy atom. The maximum Gasteiger partial charge on any atom is 0.220 e. The fourth-order valence-corrected chi connectivity index (χ4v) is 2.63. The predicted molar refractivity (Wildman–Crippen MR) is 80.0 cm³/mol. The van der Waals surface area contributed by atoms with Crippen molar-refractivity contribution in [2.75, 3.05) is 6.54 Å². The zero-order valence-corrected chi connectivity index (χ0v) is 13.0. The van der Waals surface area contributed by atoms with Gasteiger partial charge in [-0.15, -0.1) is 11.3 Å². The van der Waals surface area contributed by atoms with Crippen LogP contribution in [0, 0.1) is 5.41 Å². The zero-order chi connectivity index (χ0) is 14.3. The summed E-state index contributed by atoms with van der Waals surface area (Å²) in [7, 11) is 0. The highest BCUT2D eigenvalue weighted by molar-refractivity contribution is 7.11. The first-order valence-electron chi connectivity index (χ1n) is 6.87. The number of nitrogens with one attached hydrogen (secondary N) is 1. The van der Waals surface area contributed by atoms with Gasteiger partial charge >= 0.3 is 0 Å². The minimum absolute atomic E-state index is 0.0957. The Bertz CT molecular complexity index is 401. The van der Waals surface area contributed by atoms with Crippen LogP contribution in [0.15, 0.2) is 6.20 Å². The van der Waals surface area contributed by atoms with Crippen molar-refractivity contribution in [2.45, 2.75) is 53.0 Å². The molecule has 0 aliphatic heterocycles. The van der Waals surface area contributed by atoms with Gasteiger partial charge in [-0.2, -0.15) is 0 Å². The Balaban J connectivity index is 2.28. The highest BCUT2D eigenvalue weighted by Gasteiger charge is 2.18. The summed E-state index contributed by atoms with van der Waals surface area (Å²) in [6.07, 6.45) is 5.26. The molecule has 1 aromatic heterocycles. The van der Waals surface area contributed by atoms with Crippen LogP contribution in [0.4, 0.5) is 0 Å². The van der Waals surface area contributed by atoms with E-state index in [1.807, 2.05) is 6.20 Å². The maximum absolute atomic E-state index is 11.8. The molecular formula is C14H25N3OS. The van der Waals surface area contributed by atoms with Crippen molar-refractivity contribution in [3.8, 4) is 0 Å². The second-order valence-electron chi connectivity index (χ2n) is 5.55. The van der Waals surface area contributed by atoms with Crippen LogP contribution in [0.3, 0.4) is 0 Å². The SMILES string of the molecule is CCc1cnc(CNC(=O)CCC(C)(C)CCN)s1. The van der Waals surface area contributed by atoms with Gasteiger partial charge < -0.3 is 11.1 Å². The Morgan fingerprint density at radius 2 is 2.21 bits per heavy atom. The number of aryl methyl sites for hydroxylation is 1. The number of rotatable bonds is 8. The van der Waals surface area contributed by atoms with Crippen LogP contribution >= 0.6 is 11.3 Å². The topological polar surface area (TPSA) is 68.0 Å². The molecule has 0 unspecified atom stereocenters. The average Bonchev–Trinajstić information content (AvgIpc) is 2.82. The van der Waals surface area contributed by atoms with Gasteiger partial charge in [-0.1, -0.05) is 20.8 Å². The number of thiazole rings is 1.